The minimum Gasteiger partial charge on any atom is -0.550 e. The fourth-order valence-electron chi connectivity index (χ4n) is 1.85. The lowest BCUT2D eigenvalue weighted by Crippen LogP contribution is -2.41. The lowest BCUT2D eigenvalue weighted by atomic mass is 9.82. The number of rotatable bonds is 3. The van der Waals surface area contributed by atoms with Gasteiger partial charge < -0.3 is 15.2 Å². The van der Waals surface area contributed by atoms with Crippen molar-refractivity contribution in [2.45, 2.75) is 12.8 Å². The molecule has 17 heavy (non-hydrogen) atoms. The monoisotopic (exact) mass is 251 g/mol. The van der Waals surface area contributed by atoms with Crippen molar-refractivity contribution >= 4 is 28.3 Å². The molecule has 0 spiro atoms. The molecule has 1 aromatic heterocycles. The molecule has 6 heteroatoms. The lowest BCUT2D eigenvalue weighted by Gasteiger charge is -2.27. The van der Waals surface area contributed by atoms with E-state index in [0.717, 1.165) is 0 Å². The highest BCUT2D eigenvalue weighted by molar-refractivity contribution is 7.13. The number of aromatic nitrogens is 1. The molecule has 1 aliphatic carbocycles. The molecule has 0 fully saturated rings. The van der Waals surface area contributed by atoms with E-state index in [1.165, 1.54) is 11.3 Å². The first-order valence-electron chi connectivity index (χ1n) is 5.24. The van der Waals surface area contributed by atoms with Crippen molar-refractivity contribution in [2.75, 3.05) is 5.32 Å². The van der Waals surface area contributed by atoms with E-state index < -0.39 is 17.8 Å². The topological polar surface area (TPSA) is 82.1 Å². The van der Waals surface area contributed by atoms with Crippen molar-refractivity contribution in [3.8, 4) is 0 Å². The van der Waals surface area contributed by atoms with E-state index >= 15 is 0 Å². The summed E-state index contributed by atoms with van der Waals surface area (Å²) in [6.45, 7) is 0. The number of amides is 1. The summed E-state index contributed by atoms with van der Waals surface area (Å²) < 4.78 is 0. The molecule has 1 N–H and O–H groups in total. The molecule has 1 aromatic rings. The molecule has 0 bridgehead atoms. The van der Waals surface area contributed by atoms with E-state index in [9.17, 15) is 14.7 Å². The van der Waals surface area contributed by atoms with Crippen LogP contribution in [0.3, 0.4) is 0 Å². The molecule has 5 nitrogen and oxygen atoms in total. The number of hydrogen-bond donors (Lipinski definition) is 1. The van der Waals surface area contributed by atoms with Gasteiger partial charge in [-0.2, -0.15) is 0 Å². The zero-order valence-corrected chi connectivity index (χ0v) is 9.78. The number of anilines is 1. The summed E-state index contributed by atoms with van der Waals surface area (Å²) in [4.78, 5) is 26.8. The first-order valence-corrected chi connectivity index (χ1v) is 6.12. The number of carboxylic acids is 1. The number of thiazole rings is 1. The molecular weight excluding hydrogens is 240 g/mol. The molecule has 0 radical (unpaired) electrons. The lowest BCUT2D eigenvalue weighted by molar-refractivity contribution is -0.313. The molecule has 1 aliphatic rings. The third kappa shape index (κ3) is 2.71. The van der Waals surface area contributed by atoms with Crippen LogP contribution >= 0.6 is 11.3 Å². The summed E-state index contributed by atoms with van der Waals surface area (Å²) in [7, 11) is 0. The van der Waals surface area contributed by atoms with Gasteiger partial charge >= 0.3 is 0 Å². The number of nitrogens with zero attached hydrogens (tertiary/aromatic N) is 1. The highest BCUT2D eigenvalue weighted by atomic mass is 32.1. The smallest absolute Gasteiger partial charge is 0.230 e. The van der Waals surface area contributed by atoms with Crippen LogP contribution in [0.15, 0.2) is 23.7 Å². The van der Waals surface area contributed by atoms with Crippen LogP contribution in [0.2, 0.25) is 0 Å². The first kappa shape index (κ1) is 11.8. The predicted molar refractivity (Wildman–Crippen MR) is 61.1 cm³/mol. The van der Waals surface area contributed by atoms with Crippen LogP contribution in [0.1, 0.15) is 12.8 Å². The van der Waals surface area contributed by atoms with Crippen molar-refractivity contribution in [1.29, 1.82) is 0 Å². The number of allylic oxidation sites excluding steroid dienone is 2. The third-order valence-corrected chi connectivity index (χ3v) is 3.42. The van der Waals surface area contributed by atoms with Gasteiger partial charge in [-0.3, -0.25) is 4.79 Å². The normalized spacial score (nSPS) is 23.3. The van der Waals surface area contributed by atoms with Gasteiger partial charge in [-0.05, 0) is 12.8 Å². The Hall–Kier alpha value is -1.69. The van der Waals surface area contributed by atoms with Crippen LogP contribution in [0.25, 0.3) is 0 Å². The SMILES string of the molecule is O=C([O-])[C@H]1CC=CC[C@@H]1C(=O)Nc1nccs1. The maximum absolute atomic E-state index is 11.9. The van der Waals surface area contributed by atoms with Crippen molar-refractivity contribution in [3.05, 3.63) is 23.7 Å². The maximum Gasteiger partial charge on any atom is 0.230 e. The quantitative estimate of drug-likeness (QED) is 0.789. The van der Waals surface area contributed by atoms with Gasteiger partial charge in [0.05, 0.1) is 5.92 Å². The summed E-state index contributed by atoms with van der Waals surface area (Å²) in [6.07, 6.45) is 5.95. The summed E-state index contributed by atoms with van der Waals surface area (Å²) in [6, 6.07) is 0. The van der Waals surface area contributed by atoms with Crippen LogP contribution < -0.4 is 10.4 Å². The summed E-state index contributed by atoms with van der Waals surface area (Å²) >= 11 is 1.30. The Morgan fingerprint density at radius 2 is 2.06 bits per heavy atom. The second-order valence-electron chi connectivity index (χ2n) is 3.80. The van der Waals surface area contributed by atoms with E-state index in [0.29, 0.717) is 18.0 Å². The van der Waals surface area contributed by atoms with Crippen molar-refractivity contribution in [1.82, 2.24) is 4.98 Å². The summed E-state index contributed by atoms with van der Waals surface area (Å²) in [5.74, 6) is -2.80. The minimum absolute atomic E-state index is 0.307. The van der Waals surface area contributed by atoms with Crippen molar-refractivity contribution in [2.24, 2.45) is 11.8 Å². The van der Waals surface area contributed by atoms with Crippen LogP contribution in [0.4, 0.5) is 5.13 Å². The van der Waals surface area contributed by atoms with E-state index in [1.54, 1.807) is 17.7 Å². The fourth-order valence-corrected chi connectivity index (χ4v) is 2.38. The average molecular weight is 251 g/mol. The van der Waals surface area contributed by atoms with E-state index in [2.05, 4.69) is 10.3 Å². The summed E-state index contributed by atoms with van der Waals surface area (Å²) in [5, 5.41) is 15.8. The average Bonchev–Trinajstić information content (AvgIpc) is 2.81. The fraction of sp³-hybridized carbons (Fsp3) is 0.364. The van der Waals surface area contributed by atoms with E-state index in [-0.39, 0.29) is 5.91 Å². The summed E-state index contributed by atoms with van der Waals surface area (Å²) in [5.41, 5.74) is 0. The number of carboxylic acid groups (broad SMARTS) is 1. The second-order valence-corrected chi connectivity index (χ2v) is 4.70. The zero-order chi connectivity index (χ0) is 12.3. The first-order chi connectivity index (χ1) is 8.18. The highest BCUT2D eigenvalue weighted by Crippen LogP contribution is 2.26. The van der Waals surface area contributed by atoms with Crippen LogP contribution in [-0.4, -0.2) is 16.9 Å². The molecule has 1 amide bonds. The van der Waals surface area contributed by atoms with Crippen molar-refractivity contribution < 1.29 is 14.7 Å². The second kappa shape index (κ2) is 5.09. The largest absolute Gasteiger partial charge is 0.550 e. The van der Waals surface area contributed by atoms with Gasteiger partial charge in [0.25, 0.3) is 0 Å². The number of carbonyl (C=O) groups is 2. The van der Waals surface area contributed by atoms with Crippen LogP contribution in [0, 0.1) is 11.8 Å². The van der Waals surface area contributed by atoms with Gasteiger partial charge in [-0.15, -0.1) is 11.3 Å². The molecule has 0 saturated heterocycles. The van der Waals surface area contributed by atoms with Crippen LogP contribution in [0.5, 0.6) is 0 Å². The molecule has 2 atom stereocenters. The van der Waals surface area contributed by atoms with E-state index in [1.807, 2.05) is 6.08 Å². The van der Waals surface area contributed by atoms with Crippen LogP contribution in [-0.2, 0) is 9.59 Å². The van der Waals surface area contributed by atoms with Gasteiger partial charge in [0.2, 0.25) is 5.91 Å². The molecule has 2 rings (SSSR count). The number of aliphatic carboxylic acids is 1. The number of hydrogen-bond acceptors (Lipinski definition) is 5. The molecule has 0 saturated carbocycles. The predicted octanol–water partition coefficient (Wildman–Crippen LogP) is 0.414. The molecule has 0 unspecified atom stereocenters. The maximum atomic E-state index is 11.9. The Kier molecular flexibility index (Phi) is 3.53. The van der Waals surface area contributed by atoms with Gasteiger partial charge in [0.1, 0.15) is 0 Å². The standard InChI is InChI=1S/C11H12N2O3S/c14-9(13-11-12-5-6-17-11)7-3-1-2-4-8(7)10(15)16/h1-2,5-8H,3-4H2,(H,15,16)(H,12,13,14)/p-1/t7-,8-/m0/s1. The third-order valence-electron chi connectivity index (χ3n) is 2.73. The molecule has 0 aliphatic heterocycles. The Morgan fingerprint density at radius 3 is 2.65 bits per heavy atom. The van der Waals surface area contributed by atoms with Gasteiger partial charge in [0.15, 0.2) is 5.13 Å². The Balaban J connectivity index is 2.07. The van der Waals surface area contributed by atoms with Gasteiger partial charge in [-0.1, -0.05) is 12.2 Å². The zero-order valence-electron chi connectivity index (χ0n) is 8.96. The van der Waals surface area contributed by atoms with Gasteiger partial charge in [-0.25, -0.2) is 4.98 Å². The number of nitrogens with one attached hydrogen (secondary N) is 1. The highest BCUT2D eigenvalue weighted by Gasteiger charge is 2.30. The number of carbonyl (C=O) groups excluding carboxylic acids is 2. The Morgan fingerprint density at radius 1 is 1.35 bits per heavy atom. The van der Waals surface area contributed by atoms with Crippen molar-refractivity contribution in [3.63, 3.8) is 0 Å². The Bertz CT molecular complexity index is 442. The molecule has 90 valence electrons. The minimum atomic E-state index is -1.17. The van der Waals surface area contributed by atoms with E-state index in [4.69, 9.17) is 0 Å². The Labute approximate surface area is 102 Å². The molecule has 0 aromatic carbocycles. The van der Waals surface area contributed by atoms with Gasteiger partial charge in [0, 0.05) is 23.5 Å². The molecule has 1 heterocycles. The molecular formula is C11H11N2O3S-.